The van der Waals surface area contributed by atoms with Crippen LogP contribution in [0.5, 0.6) is 5.88 Å². The van der Waals surface area contributed by atoms with Gasteiger partial charge in [0.15, 0.2) is 11.2 Å². The molecular formula is C21H22N4O5. The Labute approximate surface area is 172 Å². The summed E-state index contributed by atoms with van der Waals surface area (Å²) in [6.07, 6.45) is 0. The minimum atomic E-state index is -0.477. The lowest BCUT2D eigenvalue weighted by molar-refractivity contribution is 0.0919. The van der Waals surface area contributed by atoms with Gasteiger partial charge in [0.2, 0.25) is 5.88 Å². The SMILES string of the molecule is Cc1nc(OCCNC(=O)c2cc(=O)c3ccccc3o2)cc(N2CCOCC2)n1. The largest absolute Gasteiger partial charge is 0.476 e. The van der Waals surface area contributed by atoms with Crippen LogP contribution in [0.15, 0.2) is 45.6 Å². The van der Waals surface area contributed by atoms with Crippen LogP contribution in [0.25, 0.3) is 11.0 Å². The Bertz CT molecular complexity index is 1110. The number of morpholine rings is 1. The highest BCUT2D eigenvalue weighted by Crippen LogP contribution is 2.18. The van der Waals surface area contributed by atoms with E-state index in [9.17, 15) is 9.59 Å². The summed E-state index contributed by atoms with van der Waals surface area (Å²) in [6.45, 7) is 5.10. The summed E-state index contributed by atoms with van der Waals surface area (Å²) in [7, 11) is 0. The van der Waals surface area contributed by atoms with Crippen molar-refractivity contribution in [3.05, 3.63) is 58.2 Å². The first-order valence-corrected chi connectivity index (χ1v) is 9.72. The molecule has 3 aromatic rings. The van der Waals surface area contributed by atoms with Gasteiger partial charge >= 0.3 is 0 Å². The van der Waals surface area contributed by atoms with Gasteiger partial charge in [-0.2, -0.15) is 4.98 Å². The molecule has 0 radical (unpaired) electrons. The molecule has 4 rings (SSSR count). The summed E-state index contributed by atoms with van der Waals surface area (Å²) in [5, 5.41) is 3.12. The molecule has 3 heterocycles. The Hall–Kier alpha value is -3.46. The summed E-state index contributed by atoms with van der Waals surface area (Å²) in [6, 6.07) is 9.78. The maximum Gasteiger partial charge on any atom is 0.287 e. The standard InChI is InChI=1S/C21H22N4O5/c1-14-23-19(25-7-10-28-11-8-25)13-20(24-14)29-9-6-22-21(27)18-12-16(26)15-4-2-3-5-17(15)30-18/h2-5,12-13H,6-11H2,1H3,(H,22,27). The molecule has 0 unspecified atom stereocenters. The molecule has 0 saturated carbocycles. The smallest absolute Gasteiger partial charge is 0.287 e. The summed E-state index contributed by atoms with van der Waals surface area (Å²) in [5.41, 5.74) is 0.115. The molecule has 0 aliphatic carbocycles. The Morgan fingerprint density at radius 2 is 2.00 bits per heavy atom. The number of nitrogens with one attached hydrogen (secondary N) is 1. The Morgan fingerprint density at radius 3 is 2.83 bits per heavy atom. The van der Waals surface area contributed by atoms with Crippen LogP contribution in [0, 0.1) is 6.92 Å². The molecule has 0 bridgehead atoms. The molecule has 9 heteroatoms. The monoisotopic (exact) mass is 410 g/mol. The van der Waals surface area contributed by atoms with Gasteiger partial charge in [-0.05, 0) is 19.1 Å². The lowest BCUT2D eigenvalue weighted by atomic mass is 10.2. The Balaban J connectivity index is 1.34. The summed E-state index contributed by atoms with van der Waals surface area (Å²) in [4.78, 5) is 35.3. The fourth-order valence-corrected chi connectivity index (χ4v) is 3.18. The number of aryl methyl sites for hydroxylation is 1. The number of rotatable bonds is 6. The van der Waals surface area contributed by atoms with Crippen molar-refractivity contribution < 1.29 is 18.7 Å². The minimum absolute atomic E-state index is 0.0359. The van der Waals surface area contributed by atoms with E-state index in [0.29, 0.717) is 35.9 Å². The van der Waals surface area contributed by atoms with E-state index in [1.165, 1.54) is 6.07 Å². The Kier molecular flexibility index (Phi) is 5.89. The number of carbonyl (C=O) groups is 1. The second kappa shape index (κ2) is 8.91. The average molecular weight is 410 g/mol. The van der Waals surface area contributed by atoms with Gasteiger partial charge in [-0.3, -0.25) is 9.59 Å². The van der Waals surface area contributed by atoms with E-state index >= 15 is 0 Å². The first kappa shape index (κ1) is 19.8. The Morgan fingerprint density at radius 1 is 1.20 bits per heavy atom. The van der Waals surface area contributed by atoms with Crippen LogP contribution in [0.4, 0.5) is 5.82 Å². The maximum atomic E-state index is 12.3. The number of aromatic nitrogens is 2. The number of para-hydroxylation sites is 1. The van der Waals surface area contributed by atoms with Gasteiger partial charge in [-0.15, -0.1) is 0 Å². The molecular weight excluding hydrogens is 388 g/mol. The number of benzene rings is 1. The van der Waals surface area contributed by atoms with Gasteiger partial charge in [0, 0.05) is 25.2 Å². The number of hydrogen-bond acceptors (Lipinski definition) is 8. The van der Waals surface area contributed by atoms with Crippen LogP contribution in [-0.2, 0) is 4.74 Å². The van der Waals surface area contributed by atoms with Crippen molar-refractivity contribution in [2.45, 2.75) is 6.92 Å². The fourth-order valence-electron chi connectivity index (χ4n) is 3.18. The highest BCUT2D eigenvalue weighted by Gasteiger charge is 2.15. The van der Waals surface area contributed by atoms with Gasteiger partial charge in [-0.25, -0.2) is 4.98 Å². The third-order valence-corrected chi connectivity index (χ3v) is 4.63. The van der Waals surface area contributed by atoms with Crippen LogP contribution in [0.1, 0.15) is 16.4 Å². The van der Waals surface area contributed by atoms with Gasteiger partial charge in [-0.1, -0.05) is 12.1 Å². The highest BCUT2D eigenvalue weighted by molar-refractivity contribution is 5.93. The van der Waals surface area contributed by atoms with Gasteiger partial charge in [0.1, 0.15) is 23.8 Å². The van der Waals surface area contributed by atoms with E-state index in [1.54, 1.807) is 37.3 Å². The summed E-state index contributed by atoms with van der Waals surface area (Å²) >= 11 is 0. The molecule has 1 aliphatic heterocycles. The van der Waals surface area contributed by atoms with Crippen molar-refractivity contribution in [2.75, 3.05) is 44.4 Å². The average Bonchev–Trinajstić information content (AvgIpc) is 2.77. The van der Waals surface area contributed by atoms with E-state index in [-0.39, 0.29) is 24.3 Å². The van der Waals surface area contributed by atoms with Crippen molar-refractivity contribution in [2.24, 2.45) is 0 Å². The van der Waals surface area contributed by atoms with Gasteiger partial charge in [0.05, 0.1) is 25.1 Å². The molecule has 0 spiro atoms. The van der Waals surface area contributed by atoms with E-state index in [2.05, 4.69) is 20.2 Å². The van der Waals surface area contributed by atoms with E-state index in [1.807, 2.05) is 0 Å². The summed E-state index contributed by atoms with van der Waals surface area (Å²) in [5.74, 6) is 1.33. The molecule has 156 valence electrons. The van der Waals surface area contributed by atoms with E-state index in [0.717, 1.165) is 18.9 Å². The molecule has 1 amide bonds. The molecule has 1 aliphatic rings. The quantitative estimate of drug-likeness (QED) is 0.610. The van der Waals surface area contributed by atoms with Crippen molar-refractivity contribution >= 4 is 22.7 Å². The van der Waals surface area contributed by atoms with E-state index in [4.69, 9.17) is 13.9 Å². The predicted octanol–water partition coefficient (Wildman–Crippen LogP) is 1.54. The van der Waals surface area contributed by atoms with Crippen LogP contribution >= 0.6 is 0 Å². The highest BCUT2D eigenvalue weighted by atomic mass is 16.5. The fraction of sp³-hybridized carbons (Fsp3) is 0.333. The zero-order valence-corrected chi connectivity index (χ0v) is 16.6. The molecule has 9 nitrogen and oxygen atoms in total. The zero-order chi connectivity index (χ0) is 20.9. The van der Waals surface area contributed by atoms with Crippen LogP contribution < -0.4 is 20.4 Å². The molecule has 1 saturated heterocycles. The van der Waals surface area contributed by atoms with Crippen LogP contribution in [-0.4, -0.2) is 55.3 Å². The normalized spacial score (nSPS) is 14.0. The molecule has 30 heavy (non-hydrogen) atoms. The van der Waals surface area contributed by atoms with Gasteiger partial charge in [0.25, 0.3) is 5.91 Å². The second-order valence-corrected chi connectivity index (χ2v) is 6.79. The summed E-state index contributed by atoms with van der Waals surface area (Å²) < 4.78 is 16.6. The predicted molar refractivity (Wildman–Crippen MR) is 110 cm³/mol. The lowest BCUT2D eigenvalue weighted by Gasteiger charge is -2.28. The maximum absolute atomic E-state index is 12.3. The third-order valence-electron chi connectivity index (χ3n) is 4.63. The number of nitrogens with zero attached hydrogens (tertiary/aromatic N) is 3. The third kappa shape index (κ3) is 4.57. The molecule has 1 fully saturated rings. The number of ether oxygens (including phenoxy) is 2. The van der Waals surface area contributed by atoms with Crippen molar-refractivity contribution in [1.82, 2.24) is 15.3 Å². The first-order chi connectivity index (χ1) is 14.6. The zero-order valence-electron chi connectivity index (χ0n) is 16.6. The van der Waals surface area contributed by atoms with Crippen molar-refractivity contribution in [3.63, 3.8) is 0 Å². The lowest BCUT2D eigenvalue weighted by Crippen LogP contribution is -2.37. The minimum Gasteiger partial charge on any atom is -0.476 e. The second-order valence-electron chi connectivity index (χ2n) is 6.79. The molecule has 1 N–H and O–H groups in total. The number of amides is 1. The van der Waals surface area contributed by atoms with E-state index < -0.39 is 5.91 Å². The number of hydrogen-bond donors (Lipinski definition) is 1. The molecule has 0 atom stereocenters. The van der Waals surface area contributed by atoms with Crippen LogP contribution in [0.2, 0.25) is 0 Å². The number of anilines is 1. The van der Waals surface area contributed by atoms with Crippen molar-refractivity contribution in [1.29, 1.82) is 0 Å². The first-order valence-electron chi connectivity index (χ1n) is 9.72. The van der Waals surface area contributed by atoms with Crippen molar-refractivity contribution in [3.8, 4) is 5.88 Å². The topological polar surface area (TPSA) is 107 Å². The van der Waals surface area contributed by atoms with Crippen LogP contribution in [0.3, 0.4) is 0 Å². The van der Waals surface area contributed by atoms with Gasteiger partial charge < -0.3 is 24.1 Å². The number of carbonyl (C=O) groups excluding carboxylic acids is 1. The molecule has 1 aromatic carbocycles. The number of fused-ring (bicyclic) bond motifs is 1. The molecule has 2 aromatic heterocycles.